The molecule has 104 valence electrons. The number of carboxylic acid groups (broad SMARTS) is 1. The van der Waals surface area contributed by atoms with E-state index in [0.29, 0.717) is 0 Å². The first-order valence-electron chi connectivity index (χ1n) is 5.66. The molecule has 1 aliphatic rings. The van der Waals surface area contributed by atoms with Crippen LogP contribution in [0.2, 0.25) is 0 Å². The van der Waals surface area contributed by atoms with E-state index in [-0.39, 0.29) is 34.5 Å². The molecule has 1 fully saturated rings. The lowest BCUT2D eigenvalue weighted by molar-refractivity contribution is -0.141. The van der Waals surface area contributed by atoms with Gasteiger partial charge in [0.1, 0.15) is 5.82 Å². The summed E-state index contributed by atoms with van der Waals surface area (Å²) >= 11 is 3.02. The summed E-state index contributed by atoms with van der Waals surface area (Å²) in [6.07, 6.45) is 0.249. The van der Waals surface area contributed by atoms with Gasteiger partial charge in [-0.2, -0.15) is 0 Å². The first kappa shape index (κ1) is 14.1. The van der Waals surface area contributed by atoms with Crippen molar-refractivity contribution in [3.63, 3.8) is 0 Å². The molecule has 1 aromatic rings. The predicted octanol–water partition coefficient (Wildman–Crippen LogP) is 2.04. The number of carboxylic acids is 1. The van der Waals surface area contributed by atoms with Gasteiger partial charge in [-0.05, 0) is 22.4 Å². The van der Waals surface area contributed by atoms with Crippen molar-refractivity contribution in [1.82, 2.24) is 5.32 Å². The van der Waals surface area contributed by atoms with E-state index >= 15 is 0 Å². The molecule has 7 heteroatoms. The van der Waals surface area contributed by atoms with Crippen molar-refractivity contribution < 1.29 is 24.1 Å². The predicted molar refractivity (Wildman–Crippen MR) is 68.8 cm³/mol. The van der Waals surface area contributed by atoms with Crippen molar-refractivity contribution in [1.29, 1.82) is 0 Å². The molecule has 2 atom stereocenters. The normalized spacial score (nSPS) is 22.5. The number of hydrogen-bond acceptors (Lipinski definition) is 4. The van der Waals surface area contributed by atoms with Crippen LogP contribution in [0.15, 0.2) is 10.5 Å². The zero-order valence-corrected chi connectivity index (χ0v) is 11.7. The van der Waals surface area contributed by atoms with E-state index in [1.165, 1.54) is 13.2 Å². The molecule has 1 heterocycles. The van der Waals surface area contributed by atoms with E-state index in [1.807, 2.05) is 0 Å². The van der Waals surface area contributed by atoms with Gasteiger partial charge in [-0.3, -0.25) is 4.79 Å². The lowest BCUT2D eigenvalue weighted by Gasteiger charge is -2.18. The Kier molecular flexibility index (Phi) is 3.96. The van der Waals surface area contributed by atoms with Crippen molar-refractivity contribution >= 4 is 21.9 Å². The van der Waals surface area contributed by atoms with E-state index in [4.69, 9.17) is 9.84 Å². The fourth-order valence-electron chi connectivity index (χ4n) is 2.28. The maximum Gasteiger partial charge on any atom is 0.307 e. The molecular weight excluding hydrogens is 321 g/mol. The average Bonchev–Trinajstić information content (AvgIpc) is 2.82. The molecule has 0 amide bonds. The largest absolute Gasteiger partial charge is 0.504 e. The van der Waals surface area contributed by atoms with Crippen LogP contribution < -0.4 is 10.1 Å². The number of ether oxygens (including phenoxy) is 1. The fraction of sp³-hybridized carbons (Fsp3) is 0.417. The van der Waals surface area contributed by atoms with Gasteiger partial charge >= 0.3 is 5.97 Å². The van der Waals surface area contributed by atoms with Crippen LogP contribution in [-0.2, 0) is 4.79 Å². The van der Waals surface area contributed by atoms with E-state index in [9.17, 15) is 14.3 Å². The average molecular weight is 334 g/mol. The molecule has 0 aromatic heterocycles. The first-order valence-corrected chi connectivity index (χ1v) is 6.46. The summed E-state index contributed by atoms with van der Waals surface area (Å²) in [5.74, 6) is -2.21. The van der Waals surface area contributed by atoms with E-state index in [0.717, 1.165) is 0 Å². The third-order valence-electron chi connectivity index (χ3n) is 3.22. The summed E-state index contributed by atoms with van der Waals surface area (Å²) in [6, 6.07) is 0.709. The highest BCUT2D eigenvalue weighted by Crippen LogP contribution is 2.42. The zero-order valence-electron chi connectivity index (χ0n) is 10.1. The van der Waals surface area contributed by atoms with Gasteiger partial charge in [-0.15, -0.1) is 0 Å². The topological polar surface area (TPSA) is 78.8 Å². The van der Waals surface area contributed by atoms with E-state index < -0.39 is 23.7 Å². The molecule has 19 heavy (non-hydrogen) atoms. The molecule has 2 rings (SSSR count). The van der Waals surface area contributed by atoms with Gasteiger partial charge < -0.3 is 20.3 Å². The molecule has 0 bridgehead atoms. The number of phenols is 1. The van der Waals surface area contributed by atoms with Crippen LogP contribution in [0.4, 0.5) is 4.39 Å². The third kappa shape index (κ3) is 2.52. The number of benzene rings is 1. The van der Waals surface area contributed by atoms with Crippen molar-refractivity contribution in [2.24, 2.45) is 5.92 Å². The van der Waals surface area contributed by atoms with Crippen molar-refractivity contribution in [2.75, 3.05) is 13.7 Å². The SMILES string of the molecule is COc1c(O)cc(Br)c(F)c1C1CC(C(=O)O)CN1. The van der Waals surface area contributed by atoms with Crippen LogP contribution in [-0.4, -0.2) is 29.8 Å². The fourth-order valence-corrected chi connectivity index (χ4v) is 2.72. The number of aliphatic carboxylic acids is 1. The first-order chi connectivity index (χ1) is 8.95. The Balaban J connectivity index is 2.42. The maximum absolute atomic E-state index is 14.2. The quantitative estimate of drug-likeness (QED) is 0.788. The van der Waals surface area contributed by atoms with Crippen LogP contribution in [0.3, 0.4) is 0 Å². The highest BCUT2D eigenvalue weighted by atomic mass is 79.9. The second-order valence-electron chi connectivity index (χ2n) is 4.37. The monoisotopic (exact) mass is 333 g/mol. The molecule has 1 aliphatic heterocycles. The van der Waals surface area contributed by atoms with Crippen LogP contribution in [0.1, 0.15) is 18.0 Å². The van der Waals surface area contributed by atoms with Crippen molar-refractivity contribution in [3.05, 3.63) is 21.9 Å². The number of phenolic OH excluding ortho intramolecular Hbond substituents is 1. The van der Waals surface area contributed by atoms with Crippen LogP contribution >= 0.6 is 15.9 Å². The second-order valence-corrected chi connectivity index (χ2v) is 5.22. The number of hydrogen-bond donors (Lipinski definition) is 3. The molecule has 0 aliphatic carbocycles. The van der Waals surface area contributed by atoms with Gasteiger partial charge in [0.05, 0.1) is 23.1 Å². The molecule has 3 N–H and O–H groups in total. The molecule has 1 saturated heterocycles. The maximum atomic E-state index is 14.2. The molecule has 0 spiro atoms. The Morgan fingerprint density at radius 2 is 2.32 bits per heavy atom. The standard InChI is InChI=1S/C12H13BrFNO4/c1-19-11-8(16)3-6(13)10(14)9(11)7-2-5(4-15-7)12(17)18/h3,5,7,15-16H,2,4H2,1H3,(H,17,18). The second kappa shape index (κ2) is 5.34. The molecule has 2 unspecified atom stereocenters. The highest BCUT2D eigenvalue weighted by Gasteiger charge is 2.34. The lowest BCUT2D eigenvalue weighted by Crippen LogP contribution is -2.18. The molecule has 0 radical (unpaired) electrons. The van der Waals surface area contributed by atoms with E-state index in [2.05, 4.69) is 21.2 Å². The third-order valence-corrected chi connectivity index (χ3v) is 3.80. The Morgan fingerprint density at radius 1 is 1.63 bits per heavy atom. The Hall–Kier alpha value is -1.34. The van der Waals surface area contributed by atoms with Gasteiger partial charge in [0.2, 0.25) is 0 Å². The summed E-state index contributed by atoms with van der Waals surface area (Å²) < 4.78 is 19.3. The van der Waals surface area contributed by atoms with Gasteiger partial charge in [0.25, 0.3) is 0 Å². The van der Waals surface area contributed by atoms with Gasteiger partial charge in [0.15, 0.2) is 11.5 Å². The van der Waals surface area contributed by atoms with E-state index in [1.54, 1.807) is 0 Å². The summed E-state index contributed by atoms with van der Waals surface area (Å²) in [5.41, 5.74) is 0.151. The van der Waals surface area contributed by atoms with Gasteiger partial charge in [-0.1, -0.05) is 0 Å². The highest BCUT2D eigenvalue weighted by molar-refractivity contribution is 9.10. The molecule has 5 nitrogen and oxygen atoms in total. The molecule has 1 aromatic carbocycles. The Morgan fingerprint density at radius 3 is 2.84 bits per heavy atom. The summed E-state index contributed by atoms with van der Waals surface area (Å²) in [7, 11) is 1.33. The Labute approximate surface area is 117 Å². The number of halogens is 2. The number of rotatable bonds is 3. The number of aromatic hydroxyl groups is 1. The van der Waals surface area contributed by atoms with Gasteiger partial charge in [0, 0.05) is 18.7 Å². The van der Waals surface area contributed by atoms with Crippen molar-refractivity contribution in [3.8, 4) is 11.5 Å². The minimum absolute atomic E-state index is 0.0317. The number of nitrogens with one attached hydrogen (secondary N) is 1. The summed E-state index contributed by atoms with van der Waals surface area (Å²) in [4.78, 5) is 10.9. The van der Waals surface area contributed by atoms with Crippen LogP contribution in [0.25, 0.3) is 0 Å². The number of carbonyl (C=O) groups is 1. The zero-order chi connectivity index (χ0) is 14.2. The van der Waals surface area contributed by atoms with Crippen LogP contribution in [0, 0.1) is 11.7 Å². The molecular formula is C12H13BrFNO4. The summed E-state index contributed by atoms with van der Waals surface area (Å²) in [6.45, 7) is 0.260. The minimum Gasteiger partial charge on any atom is -0.504 e. The van der Waals surface area contributed by atoms with Crippen molar-refractivity contribution in [2.45, 2.75) is 12.5 Å². The lowest BCUT2D eigenvalue weighted by atomic mass is 9.98. The van der Waals surface area contributed by atoms with Gasteiger partial charge in [-0.25, -0.2) is 4.39 Å². The Bertz CT molecular complexity index is 523. The van der Waals surface area contributed by atoms with Crippen LogP contribution in [0.5, 0.6) is 11.5 Å². The minimum atomic E-state index is -0.923. The summed E-state index contributed by atoms with van der Waals surface area (Å²) in [5, 5.41) is 21.7. The number of methoxy groups -OCH3 is 1. The molecule has 0 saturated carbocycles. The smallest absolute Gasteiger partial charge is 0.307 e.